The number of carbonyl (C=O) groups is 1. The molecule has 2 rings (SSSR count). The van der Waals surface area contributed by atoms with Crippen LogP contribution in [0, 0.1) is 25.2 Å². The van der Waals surface area contributed by atoms with E-state index in [9.17, 15) is 23.2 Å². The number of aromatic nitrogens is 1. The number of hydrogen-bond donors (Lipinski definition) is 1. The number of nitriles is 1. The predicted octanol–water partition coefficient (Wildman–Crippen LogP) is 4.60. The maximum atomic E-state index is 12.6. The molecule has 1 heterocycles. The van der Waals surface area contributed by atoms with Gasteiger partial charge in [-0.1, -0.05) is 12.1 Å². The van der Waals surface area contributed by atoms with Gasteiger partial charge in [-0.2, -0.15) is 18.4 Å². The van der Waals surface area contributed by atoms with Gasteiger partial charge in [-0.25, -0.2) is 0 Å². The summed E-state index contributed by atoms with van der Waals surface area (Å²) >= 11 is 0. The lowest BCUT2D eigenvalue weighted by molar-refractivity contribution is -0.137. The van der Waals surface area contributed by atoms with Gasteiger partial charge in [0.1, 0.15) is 11.6 Å². The van der Waals surface area contributed by atoms with Crippen LogP contribution in [-0.2, 0) is 22.1 Å². The number of rotatable bonds is 8. The zero-order valence-corrected chi connectivity index (χ0v) is 18.0. The molecule has 8 heteroatoms. The monoisotopic (exact) mass is 433 g/mol. The Morgan fingerprint density at radius 2 is 1.94 bits per heavy atom. The molecule has 5 nitrogen and oxygen atoms in total. The molecule has 0 bridgehead atoms. The standard InChI is InChI=1S/C23H26F3N3O2/c1-15-11-19(17(3)29(15)16(2)14-31-4)12-20(13-27)22(30)28-10-9-18-5-7-21(8-6-18)23(24,25)26/h5-8,11-12,16H,9-10,14H2,1-4H3,(H,28,30)/b20-12+. The fraction of sp³-hybridized carbons (Fsp3) is 0.391. The first-order valence-electron chi connectivity index (χ1n) is 9.82. The van der Waals surface area contributed by atoms with E-state index in [-0.39, 0.29) is 18.2 Å². The highest BCUT2D eigenvalue weighted by atomic mass is 19.4. The van der Waals surface area contributed by atoms with Crippen LogP contribution in [-0.4, -0.2) is 30.7 Å². The Balaban J connectivity index is 2.05. The Labute approximate surface area is 180 Å². The lowest BCUT2D eigenvalue weighted by Crippen LogP contribution is -2.26. The average Bonchev–Trinajstić information content (AvgIpc) is 2.98. The Hall–Kier alpha value is -3.05. The van der Waals surface area contributed by atoms with Crippen LogP contribution in [0.4, 0.5) is 13.2 Å². The molecule has 0 saturated heterocycles. The second kappa shape index (κ2) is 10.3. The number of hydrogen-bond acceptors (Lipinski definition) is 3. The fourth-order valence-electron chi connectivity index (χ4n) is 3.52. The molecule has 0 aliphatic carbocycles. The topological polar surface area (TPSA) is 67.0 Å². The van der Waals surface area contributed by atoms with Crippen molar-refractivity contribution in [2.24, 2.45) is 0 Å². The van der Waals surface area contributed by atoms with Crippen molar-refractivity contribution in [3.63, 3.8) is 0 Å². The maximum absolute atomic E-state index is 12.6. The zero-order chi connectivity index (χ0) is 23.2. The van der Waals surface area contributed by atoms with Crippen LogP contribution in [0.25, 0.3) is 6.08 Å². The van der Waals surface area contributed by atoms with Gasteiger partial charge in [-0.05, 0) is 62.6 Å². The van der Waals surface area contributed by atoms with E-state index in [2.05, 4.69) is 9.88 Å². The number of amides is 1. The fourth-order valence-corrected chi connectivity index (χ4v) is 3.52. The number of alkyl halides is 3. The van der Waals surface area contributed by atoms with Gasteiger partial charge in [0.05, 0.1) is 18.2 Å². The minimum absolute atomic E-state index is 0.0351. The van der Waals surface area contributed by atoms with Crippen LogP contribution in [0.5, 0.6) is 0 Å². The number of benzene rings is 1. The first-order chi connectivity index (χ1) is 14.6. The van der Waals surface area contributed by atoms with E-state index in [0.29, 0.717) is 18.6 Å². The largest absolute Gasteiger partial charge is 0.416 e. The Morgan fingerprint density at radius 1 is 1.29 bits per heavy atom. The highest BCUT2D eigenvalue weighted by Gasteiger charge is 2.29. The zero-order valence-electron chi connectivity index (χ0n) is 18.0. The van der Waals surface area contributed by atoms with E-state index in [1.54, 1.807) is 13.2 Å². The van der Waals surface area contributed by atoms with Gasteiger partial charge >= 0.3 is 6.18 Å². The second-order valence-corrected chi connectivity index (χ2v) is 7.37. The normalized spacial score (nSPS) is 13.0. The van der Waals surface area contributed by atoms with Gasteiger partial charge in [-0.3, -0.25) is 4.79 Å². The van der Waals surface area contributed by atoms with E-state index >= 15 is 0 Å². The third-order valence-corrected chi connectivity index (χ3v) is 5.02. The van der Waals surface area contributed by atoms with Crippen molar-refractivity contribution in [3.8, 4) is 6.07 Å². The summed E-state index contributed by atoms with van der Waals surface area (Å²) in [7, 11) is 1.63. The SMILES string of the molecule is COCC(C)n1c(C)cc(/C=C(\C#N)C(=O)NCCc2ccc(C(F)(F)F)cc2)c1C. The smallest absolute Gasteiger partial charge is 0.383 e. The van der Waals surface area contributed by atoms with E-state index in [1.165, 1.54) is 12.1 Å². The average molecular weight is 433 g/mol. The highest BCUT2D eigenvalue weighted by molar-refractivity contribution is 6.01. The van der Waals surface area contributed by atoms with Crippen molar-refractivity contribution in [1.29, 1.82) is 5.26 Å². The molecule has 0 saturated carbocycles. The summed E-state index contributed by atoms with van der Waals surface area (Å²) < 4.78 is 45.2. The number of ether oxygens (including phenoxy) is 1. The molecule has 1 atom stereocenters. The first-order valence-corrected chi connectivity index (χ1v) is 9.82. The van der Waals surface area contributed by atoms with E-state index in [1.807, 2.05) is 32.9 Å². The van der Waals surface area contributed by atoms with Crippen LogP contribution in [0.3, 0.4) is 0 Å². The number of nitrogens with one attached hydrogen (secondary N) is 1. The highest BCUT2D eigenvalue weighted by Crippen LogP contribution is 2.29. The van der Waals surface area contributed by atoms with Crippen molar-refractivity contribution in [3.05, 3.63) is 64.0 Å². The van der Waals surface area contributed by atoms with E-state index in [4.69, 9.17) is 4.74 Å². The molecule has 0 spiro atoms. The van der Waals surface area contributed by atoms with Gasteiger partial charge in [0.15, 0.2) is 0 Å². The molecule has 0 fully saturated rings. The van der Waals surface area contributed by atoms with Gasteiger partial charge in [-0.15, -0.1) is 0 Å². The molecule has 0 aliphatic rings. The van der Waals surface area contributed by atoms with Gasteiger partial charge in [0.25, 0.3) is 5.91 Å². The molecule has 1 unspecified atom stereocenters. The minimum atomic E-state index is -4.38. The summed E-state index contributed by atoms with van der Waals surface area (Å²) in [5, 5.41) is 12.1. The predicted molar refractivity (Wildman–Crippen MR) is 112 cm³/mol. The van der Waals surface area contributed by atoms with Crippen LogP contribution < -0.4 is 5.32 Å². The first kappa shape index (κ1) is 24.2. The number of nitrogens with zero attached hydrogens (tertiary/aromatic N) is 2. The molecule has 1 N–H and O–H groups in total. The maximum Gasteiger partial charge on any atom is 0.416 e. The third kappa shape index (κ3) is 6.22. The number of carbonyl (C=O) groups excluding carboxylic acids is 1. The van der Waals surface area contributed by atoms with Gasteiger partial charge in [0.2, 0.25) is 0 Å². The Kier molecular flexibility index (Phi) is 8.06. The molecule has 166 valence electrons. The van der Waals surface area contributed by atoms with Crippen molar-refractivity contribution in [2.45, 2.75) is 39.4 Å². The Morgan fingerprint density at radius 3 is 2.48 bits per heavy atom. The van der Waals surface area contributed by atoms with E-state index < -0.39 is 17.6 Å². The van der Waals surface area contributed by atoms with Crippen molar-refractivity contribution in [1.82, 2.24) is 9.88 Å². The third-order valence-electron chi connectivity index (χ3n) is 5.02. The summed E-state index contributed by atoms with van der Waals surface area (Å²) in [5.41, 5.74) is 2.60. The van der Waals surface area contributed by atoms with Crippen LogP contribution in [0.2, 0.25) is 0 Å². The lowest BCUT2D eigenvalue weighted by Gasteiger charge is -2.17. The molecule has 1 amide bonds. The van der Waals surface area contributed by atoms with E-state index in [0.717, 1.165) is 29.1 Å². The van der Waals surface area contributed by atoms with Crippen LogP contribution in [0.1, 0.15) is 41.0 Å². The van der Waals surface area contributed by atoms with Crippen LogP contribution >= 0.6 is 0 Å². The molecule has 1 aromatic heterocycles. The summed E-state index contributed by atoms with van der Waals surface area (Å²) in [6.07, 6.45) is -2.48. The molecule has 2 aromatic rings. The van der Waals surface area contributed by atoms with Crippen molar-refractivity contribution >= 4 is 12.0 Å². The summed E-state index contributed by atoms with van der Waals surface area (Å²) in [6.45, 7) is 6.63. The molecule has 31 heavy (non-hydrogen) atoms. The molecular weight excluding hydrogens is 407 g/mol. The molecule has 0 radical (unpaired) electrons. The number of methoxy groups -OCH3 is 1. The molecule has 0 aliphatic heterocycles. The van der Waals surface area contributed by atoms with Gasteiger partial charge < -0.3 is 14.6 Å². The minimum Gasteiger partial charge on any atom is -0.383 e. The lowest BCUT2D eigenvalue weighted by atomic mass is 10.1. The quantitative estimate of drug-likeness (QED) is 0.489. The summed E-state index contributed by atoms with van der Waals surface area (Å²) in [4.78, 5) is 12.4. The van der Waals surface area contributed by atoms with Crippen molar-refractivity contribution in [2.75, 3.05) is 20.3 Å². The number of halogens is 3. The van der Waals surface area contributed by atoms with Gasteiger partial charge in [0, 0.05) is 25.0 Å². The van der Waals surface area contributed by atoms with Crippen molar-refractivity contribution < 1.29 is 22.7 Å². The molecular formula is C23H26F3N3O2. The second-order valence-electron chi connectivity index (χ2n) is 7.37. The van der Waals surface area contributed by atoms with Crippen LogP contribution in [0.15, 0.2) is 35.9 Å². The summed E-state index contributed by atoms with van der Waals surface area (Å²) in [5.74, 6) is -0.524. The Bertz CT molecular complexity index is 983. The number of aryl methyl sites for hydroxylation is 1. The summed E-state index contributed by atoms with van der Waals surface area (Å²) in [6, 6.07) is 8.73. The molecule has 1 aromatic carbocycles.